The van der Waals surface area contributed by atoms with E-state index in [2.05, 4.69) is 0 Å². The molecule has 182 valence electrons. The van der Waals surface area contributed by atoms with Crippen molar-refractivity contribution in [2.45, 2.75) is 46.3 Å². The molecular weight excluding hydrogens is 434 g/mol. The van der Waals surface area contributed by atoms with Gasteiger partial charge >= 0.3 is 0 Å². The second-order valence-electron chi connectivity index (χ2n) is 8.71. The van der Waals surface area contributed by atoms with E-state index in [-0.39, 0.29) is 17.4 Å². The van der Waals surface area contributed by atoms with Gasteiger partial charge in [-0.1, -0.05) is 24.3 Å². The number of aliphatic hydroxyl groups excluding tert-OH is 1. The van der Waals surface area contributed by atoms with Crippen molar-refractivity contribution in [1.82, 2.24) is 4.90 Å². The van der Waals surface area contributed by atoms with Crippen LogP contribution in [0.15, 0.2) is 42.0 Å². The standard InChI is InChI=1S/C27H33NO6/c1-16(2)34-21-11-8-7-10-19(21)23-22(25(30)27(31)28(23)12-9-13-32-5)24(29)20-15-17(3)14-18(4)26(20)33-6/h7-8,10-11,14-16,23,29H,9,12-13H2,1-6H3/b24-22+. The molecule has 1 aliphatic rings. The maximum Gasteiger partial charge on any atom is 0.295 e. The lowest BCUT2D eigenvalue weighted by molar-refractivity contribution is -0.140. The third kappa shape index (κ3) is 4.94. The van der Waals surface area contributed by atoms with E-state index in [0.29, 0.717) is 42.2 Å². The van der Waals surface area contributed by atoms with Crippen LogP contribution in [0, 0.1) is 13.8 Å². The number of ether oxygens (including phenoxy) is 3. The summed E-state index contributed by atoms with van der Waals surface area (Å²) in [5.74, 6) is -0.648. The van der Waals surface area contributed by atoms with E-state index < -0.39 is 17.7 Å². The molecule has 0 aromatic heterocycles. The molecule has 3 rings (SSSR count). The van der Waals surface area contributed by atoms with Gasteiger partial charge in [-0.25, -0.2) is 0 Å². The molecule has 0 bridgehead atoms. The van der Waals surface area contributed by atoms with E-state index in [1.165, 1.54) is 12.0 Å². The second kappa shape index (κ2) is 10.7. The third-order valence-corrected chi connectivity index (χ3v) is 5.74. The number of methoxy groups -OCH3 is 2. The zero-order chi connectivity index (χ0) is 25.0. The van der Waals surface area contributed by atoms with Gasteiger partial charge in [0, 0.05) is 25.8 Å². The Labute approximate surface area is 200 Å². The van der Waals surface area contributed by atoms with E-state index >= 15 is 0 Å². The SMILES string of the molecule is COCCCN1C(=O)C(=O)/C(=C(/O)c2cc(C)cc(C)c2OC)C1c1ccccc1OC(C)C. The van der Waals surface area contributed by atoms with Gasteiger partial charge in [-0.3, -0.25) is 9.59 Å². The molecule has 7 heteroatoms. The molecule has 0 saturated carbocycles. The number of nitrogens with zero attached hydrogens (tertiary/aromatic N) is 1. The summed E-state index contributed by atoms with van der Waals surface area (Å²) in [6.45, 7) is 8.31. The van der Waals surface area contributed by atoms with E-state index in [4.69, 9.17) is 14.2 Å². The zero-order valence-electron chi connectivity index (χ0n) is 20.7. The number of ketones is 1. The van der Waals surface area contributed by atoms with Crippen LogP contribution in [0.2, 0.25) is 0 Å². The van der Waals surface area contributed by atoms with Gasteiger partial charge in [-0.05, 0) is 57.4 Å². The molecule has 0 radical (unpaired) electrons. The number of aryl methyl sites for hydroxylation is 2. The van der Waals surface area contributed by atoms with Gasteiger partial charge in [0.1, 0.15) is 17.3 Å². The van der Waals surface area contributed by atoms with E-state index in [0.717, 1.165) is 11.1 Å². The number of hydrogen-bond donors (Lipinski definition) is 1. The quantitative estimate of drug-likeness (QED) is 0.252. The first kappa shape index (κ1) is 25.3. The molecule has 1 N–H and O–H groups in total. The van der Waals surface area contributed by atoms with Crippen LogP contribution in [0.1, 0.15) is 48.6 Å². The summed E-state index contributed by atoms with van der Waals surface area (Å²) in [7, 11) is 3.10. The Morgan fingerprint density at radius 1 is 1.12 bits per heavy atom. The summed E-state index contributed by atoms with van der Waals surface area (Å²) in [6, 6.07) is 10.2. The minimum Gasteiger partial charge on any atom is -0.507 e. The Bertz CT molecular complexity index is 1100. The van der Waals surface area contributed by atoms with Crippen LogP contribution in [-0.2, 0) is 14.3 Å². The molecule has 1 fully saturated rings. The number of hydrogen-bond acceptors (Lipinski definition) is 6. The van der Waals surface area contributed by atoms with Crippen LogP contribution >= 0.6 is 0 Å². The lowest BCUT2D eigenvalue weighted by Gasteiger charge is -2.27. The third-order valence-electron chi connectivity index (χ3n) is 5.74. The Morgan fingerprint density at radius 3 is 2.47 bits per heavy atom. The largest absolute Gasteiger partial charge is 0.507 e. The normalized spacial score (nSPS) is 17.5. The van der Waals surface area contributed by atoms with Gasteiger partial charge in [-0.2, -0.15) is 0 Å². The Balaban J connectivity index is 2.27. The lowest BCUT2D eigenvalue weighted by Crippen LogP contribution is -2.31. The molecule has 7 nitrogen and oxygen atoms in total. The van der Waals surface area contributed by atoms with Crippen LogP contribution in [-0.4, -0.2) is 55.2 Å². The van der Waals surface area contributed by atoms with E-state index in [1.54, 1.807) is 13.2 Å². The van der Waals surface area contributed by atoms with Crippen LogP contribution in [0.3, 0.4) is 0 Å². The van der Waals surface area contributed by atoms with Crippen LogP contribution in [0.4, 0.5) is 0 Å². The Hall–Kier alpha value is -3.32. The molecule has 1 amide bonds. The highest BCUT2D eigenvalue weighted by Gasteiger charge is 2.47. The van der Waals surface area contributed by atoms with Crippen molar-refractivity contribution in [2.75, 3.05) is 27.4 Å². The summed E-state index contributed by atoms with van der Waals surface area (Å²) in [6.07, 6.45) is 0.427. The van der Waals surface area contributed by atoms with Gasteiger partial charge in [0.05, 0.1) is 30.4 Å². The fourth-order valence-corrected chi connectivity index (χ4v) is 4.43. The van der Waals surface area contributed by atoms with Crippen molar-refractivity contribution in [3.05, 3.63) is 64.2 Å². The highest BCUT2D eigenvalue weighted by molar-refractivity contribution is 6.46. The number of amides is 1. The lowest BCUT2D eigenvalue weighted by atomic mass is 9.93. The first-order chi connectivity index (χ1) is 16.2. The van der Waals surface area contributed by atoms with Crippen molar-refractivity contribution in [3.63, 3.8) is 0 Å². The van der Waals surface area contributed by atoms with Gasteiger partial charge in [0.25, 0.3) is 11.7 Å². The molecule has 2 aromatic rings. The number of Topliss-reactive ketones (excluding diaryl/α,β-unsaturated/α-hetero) is 1. The maximum absolute atomic E-state index is 13.3. The Kier molecular flexibility index (Phi) is 7.99. The second-order valence-corrected chi connectivity index (χ2v) is 8.71. The highest BCUT2D eigenvalue weighted by Crippen LogP contribution is 2.44. The summed E-state index contributed by atoms with van der Waals surface area (Å²) in [5, 5.41) is 11.5. The molecule has 1 atom stereocenters. The number of para-hydroxylation sites is 1. The van der Waals surface area contributed by atoms with Gasteiger partial charge in [0.15, 0.2) is 0 Å². The summed E-state index contributed by atoms with van der Waals surface area (Å²) < 4.78 is 16.7. The van der Waals surface area contributed by atoms with Gasteiger partial charge in [0.2, 0.25) is 0 Å². The minimum atomic E-state index is -0.808. The first-order valence-corrected chi connectivity index (χ1v) is 11.4. The average Bonchev–Trinajstić information content (AvgIpc) is 3.03. The number of carbonyl (C=O) groups is 2. The monoisotopic (exact) mass is 467 g/mol. The topological polar surface area (TPSA) is 85.3 Å². The predicted octanol–water partition coefficient (Wildman–Crippen LogP) is 4.56. The van der Waals surface area contributed by atoms with E-state index in [1.807, 2.05) is 58.0 Å². The van der Waals surface area contributed by atoms with Crippen molar-refractivity contribution < 1.29 is 28.9 Å². The molecule has 1 aliphatic heterocycles. The van der Waals surface area contributed by atoms with Crippen LogP contribution in [0.25, 0.3) is 5.76 Å². The van der Waals surface area contributed by atoms with Gasteiger partial charge in [-0.15, -0.1) is 0 Å². The molecule has 34 heavy (non-hydrogen) atoms. The minimum absolute atomic E-state index is 0.0190. The molecule has 2 aromatic carbocycles. The first-order valence-electron chi connectivity index (χ1n) is 11.4. The number of rotatable bonds is 9. The molecule has 1 saturated heterocycles. The summed E-state index contributed by atoms with van der Waals surface area (Å²) in [4.78, 5) is 28.0. The van der Waals surface area contributed by atoms with Gasteiger partial charge < -0.3 is 24.2 Å². The Morgan fingerprint density at radius 2 is 1.82 bits per heavy atom. The number of aliphatic hydroxyl groups is 1. The number of carbonyl (C=O) groups excluding carboxylic acids is 2. The summed E-state index contributed by atoms with van der Waals surface area (Å²) in [5.41, 5.74) is 2.75. The molecule has 1 heterocycles. The van der Waals surface area contributed by atoms with Crippen molar-refractivity contribution in [1.29, 1.82) is 0 Å². The molecular formula is C27H33NO6. The predicted molar refractivity (Wildman–Crippen MR) is 130 cm³/mol. The molecule has 0 aliphatic carbocycles. The molecule has 0 spiro atoms. The van der Waals surface area contributed by atoms with Crippen molar-refractivity contribution >= 4 is 17.4 Å². The molecule has 1 unspecified atom stereocenters. The number of likely N-dealkylation sites (tertiary alicyclic amines) is 1. The number of benzene rings is 2. The zero-order valence-corrected chi connectivity index (χ0v) is 20.7. The summed E-state index contributed by atoms with van der Waals surface area (Å²) >= 11 is 0. The van der Waals surface area contributed by atoms with Crippen molar-refractivity contribution in [3.8, 4) is 11.5 Å². The van der Waals surface area contributed by atoms with Crippen LogP contribution in [0.5, 0.6) is 11.5 Å². The average molecular weight is 468 g/mol. The van der Waals surface area contributed by atoms with Crippen molar-refractivity contribution in [2.24, 2.45) is 0 Å². The fraction of sp³-hybridized carbons (Fsp3) is 0.407. The highest BCUT2D eigenvalue weighted by atomic mass is 16.5. The fourth-order valence-electron chi connectivity index (χ4n) is 4.43. The van der Waals surface area contributed by atoms with E-state index in [9.17, 15) is 14.7 Å². The maximum atomic E-state index is 13.3. The smallest absolute Gasteiger partial charge is 0.295 e. The van der Waals surface area contributed by atoms with Crippen LogP contribution < -0.4 is 9.47 Å².